The molecule has 0 bridgehead atoms. The minimum Gasteiger partial charge on any atom is -0.508 e. The van der Waals surface area contributed by atoms with Gasteiger partial charge in [0.15, 0.2) is 0 Å². The number of primary amides is 1. The van der Waals surface area contributed by atoms with Gasteiger partial charge in [0.25, 0.3) is 5.91 Å². The van der Waals surface area contributed by atoms with Crippen LogP contribution in [-0.4, -0.2) is 34.7 Å². The number of phenolic OH excluding ortho intramolecular Hbond substituents is 1. The van der Waals surface area contributed by atoms with Crippen molar-refractivity contribution in [3.63, 3.8) is 0 Å². The number of aliphatic hydroxyl groups excluding tert-OH is 1. The lowest BCUT2D eigenvalue weighted by Crippen LogP contribution is -2.40. The third kappa shape index (κ3) is 3.35. The number of hydrogen-bond acceptors (Lipinski definition) is 5. The number of nitrogens with one attached hydrogen (secondary N) is 1. The van der Waals surface area contributed by atoms with Crippen molar-refractivity contribution in [3.8, 4) is 5.75 Å². The van der Waals surface area contributed by atoms with Crippen LogP contribution in [0.5, 0.6) is 5.75 Å². The summed E-state index contributed by atoms with van der Waals surface area (Å²) in [5.41, 5.74) is 10.6. The van der Waals surface area contributed by atoms with E-state index in [2.05, 4.69) is 5.32 Å². The summed E-state index contributed by atoms with van der Waals surface area (Å²) in [6.45, 7) is -0.316. The second-order valence-electron chi connectivity index (χ2n) is 3.40. The first-order valence-corrected chi connectivity index (χ1v) is 4.76. The Bertz CT molecular complexity index is 447. The second-order valence-corrected chi connectivity index (χ2v) is 3.40. The van der Waals surface area contributed by atoms with Gasteiger partial charge in [-0.3, -0.25) is 9.59 Å². The summed E-state index contributed by atoms with van der Waals surface area (Å²) in [5.74, 6) is -1.66. The van der Waals surface area contributed by atoms with E-state index >= 15 is 0 Å². The highest BCUT2D eigenvalue weighted by atomic mass is 16.3. The highest BCUT2D eigenvalue weighted by molar-refractivity contribution is 5.99. The van der Waals surface area contributed by atoms with E-state index in [9.17, 15) is 14.7 Å². The number of hydrogen-bond donors (Lipinski definition) is 5. The molecule has 2 amide bonds. The van der Waals surface area contributed by atoms with Gasteiger partial charge in [-0.1, -0.05) is 0 Å². The van der Waals surface area contributed by atoms with Crippen LogP contribution >= 0.6 is 0 Å². The Morgan fingerprint density at radius 2 is 2.06 bits per heavy atom. The molecule has 1 rings (SSSR count). The number of amides is 2. The third-order valence-electron chi connectivity index (χ3n) is 2.07. The van der Waals surface area contributed by atoms with Gasteiger partial charge in [-0.2, -0.15) is 0 Å². The van der Waals surface area contributed by atoms with Crippen molar-refractivity contribution in [2.75, 3.05) is 12.3 Å². The maximum Gasteiger partial charge on any atom is 0.253 e. The van der Waals surface area contributed by atoms with Gasteiger partial charge < -0.3 is 27.0 Å². The highest BCUT2D eigenvalue weighted by Crippen LogP contribution is 2.18. The molecule has 1 unspecified atom stereocenters. The number of aliphatic hydroxyl groups is 1. The summed E-state index contributed by atoms with van der Waals surface area (Å²) < 4.78 is 0. The van der Waals surface area contributed by atoms with Crippen LogP contribution in [0.4, 0.5) is 5.69 Å². The zero-order chi connectivity index (χ0) is 13.0. The second kappa shape index (κ2) is 5.17. The summed E-state index contributed by atoms with van der Waals surface area (Å²) in [6, 6.07) is 3.89. The van der Waals surface area contributed by atoms with Crippen LogP contribution in [0.15, 0.2) is 18.2 Å². The molecule has 0 aliphatic heterocycles. The molecule has 92 valence electrons. The molecule has 0 saturated carbocycles. The first kappa shape index (κ1) is 12.8. The Morgan fingerprint density at radius 1 is 1.41 bits per heavy atom. The lowest BCUT2D eigenvalue weighted by molar-refractivity contribution is -0.125. The van der Waals surface area contributed by atoms with E-state index in [0.29, 0.717) is 0 Å². The molecule has 7 heteroatoms. The van der Waals surface area contributed by atoms with E-state index in [1.54, 1.807) is 0 Å². The van der Waals surface area contributed by atoms with Crippen molar-refractivity contribution in [2.24, 2.45) is 5.73 Å². The molecule has 0 fully saturated rings. The van der Waals surface area contributed by atoms with Gasteiger partial charge in [0.05, 0.1) is 12.1 Å². The average Bonchev–Trinajstić information content (AvgIpc) is 2.28. The predicted molar refractivity (Wildman–Crippen MR) is 60.1 cm³/mol. The molecule has 1 aromatic carbocycles. The topological polar surface area (TPSA) is 139 Å². The monoisotopic (exact) mass is 239 g/mol. The van der Waals surface area contributed by atoms with Crippen LogP contribution in [-0.2, 0) is 4.79 Å². The molecule has 7 nitrogen and oxygen atoms in total. The minimum atomic E-state index is -1.46. The summed E-state index contributed by atoms with van der Waals surface area (Å²) in [4.78, 5) is 22.1. The average molecular weight is 239 g/mol. The van der Waals surface area contributed by atoms with Crippen molar-refractivity contribution in [1.29, 1.82) is 0 Å². The number of anilines is 1. The fraction of sp³-hybridized carbons (Fsp3) is 0.200. The normalized spacial score (nSPS) is 11.8. The van der Waals surface area contributed by atoms with Crippen LogP contribution in [0, 0.1) is 0 Å². The Balaban J connectivity index is 2.70. The Kier molecular flexibility index (Phi) is 3.89. The molecule has 0 aliphatic rings. The zero-order valence-corrected chi connectivity index (χ0v) is 8.88. The van der Waals surface area contributed by atoms with Gasteiger partial charge in [-0.05, 0) is 18.2 Å². The Morgan fingerprint density at radius 3 is 2.65 bits per heavy atom. The van der Waals surface area contributed by atoms with Crippen LogP contribution in [0.1, 0.15) is 10.4 Å². The van der Waals surface area contributed by atoms with Crippen molar-refractivity contribution >= 4 is 17.5 Å². The highest BCUT2D eigenvalue weighted by Gasteiger charge is 2.15. The van der Waals surface area contributed by atoms with E-state index < -0.39 is 17.9 Å². The van der Waals surface area contributed by atoms with Gasteiger partial charge in [-0.15, -0.1) is 0 Å². The smallest absolute Gasteiger partial charge is 0.253 e. The van der Waals surface area contributed by atoms with Crippen molar-refractivity contribution < 1.29 is 19.8 Å². The molecule has 7 N–H and O–H groups in total. The molecule has 1 aromatic rings. The molecular formula is C10H13N3O4. The number of rotatable bonds is 4. The lowest BCUT2D eigenvalue weighted by atomic mass is 10.1. The molecule has 17 heavy (non-hydrogen) atoms. The van der Waals surface area contributed by atoms with E-state index in [4.69, 9.17) is 16.6 Å². The zero-order valence-electron chi connectivity index (χ0n) is 8.88. The Labute approximate surface area is 97.0 Å². The minimum absolute atomic E-state index is 0.0571. The predicted octanol–water partition coefficient (Wildman–Crippen LogP) is -1.45. The van der Waals surface area contributed by atoms with Crippen molar-refractivity contribution in [1.82, 2.24) is 5.32 Å². The molecule has 0 heterocycles. The van der Waals surface area contributed by atoms with E-state index in [0.717, 1.165) is 0 Å². The maximum atomic E-state index is 11.6. The summed E-state index contributed by atoms with van der Waals surface area (Å²) >= 11 is 0. The first-order chi connectivity index (χ1) is 7.91. The number of carbonyl (C=O) groups excluding carboxylic acids is 2. The van der Waals surface area contributed by atoms with Crippen LogP contribution < -0.4 is 16.8 Å². The summed E-state index contributed by atoms with van der Waals surface area (Å²) in [5, 5.41) is 20.5. The van der Waals surface area contributed by atoms with Crippen LogP contribution in [0.3, 0.4) is 0 Å². The first-order valence-electron chi connectivity index (χ1n) is 4.76. The molecule has 0 aliphatic carbocycles. The number of carbonyl (C=O) groups is 2. The number of phenols is 1. The molecule has 0 spiro atoms. The quantitative estimate of drug-likeness (QED) is 0.323. The fourth-order valence-corrected chi connectivity index (χ4v) is 1.13. The maximum absolute atomic E-state index is 11.6. The largest absolute Gasteiger partial charge is 0.508 e. The van der Waals surface area contributed by atoms with E-state index in [1.165, 1.54) is 18.2 Å². The van der Waals surface area contributed by atoms with E-state index in [1.807, 2.05) is 0 Å². The standard InChI is InChI=1S/C10H13N3O4/c11-7-2-1-5(14)3-6(7)10(17)13-4-8(15)9(12)16/h1-3,8,14-15H,4,11H2,(H2,12,16)(H,13,17). The fourth-order valence-electron chi connectivity index (χ4n) is 1.13. The molecular weight excluding hydrogens is 226 g/mol. The molecule has 0 aromatic heterocycles. The number of nitrogens with two attached hydrogens (primary N) is 2. The van der Waals surface area contributed by atoms with Gasteiger partial charge in [0.1, 0.15) is 11.9 Å². The molecule has 1 atom stereocenters. The van der Waals surface area contributed by atoms with E-state index in [-0.39, 0.29) is 23.5 Å². The lowest BCUT2D eigenvalue weighted by Gasteiger charge is -2.10. The van der Waals surface area contributed by atoms with Crippen molar-refractivity contribution in [3.05, 3.63) is 23.8 Å². The van der Waals surface area contributed by atoms with Gasteiger partial charge in [0.2, 0.25) is 5.91 Å². The SMILES string of the molecule is NC(=O)C(O)CNC(=O)c1cc(O)ccc1N. The summed E-state index contributed by atoms with van der Waals surface area (Å²) in [6.07, 6.45) is -1.46. The number of benzene rings is 1. The molecule has 0 saturated heterocycles. The molecule has 0 radical (unpaired) electrons. The van der Waals surface area contributed by atoms with Gasteiger partial charge >= 0.3 is 0 Å². The third-order valence-corrected chi connectivity index (χ3v) is 2.07. The number of nitrogen functional groups attached to an aromatic ring is 1. The van der Waals surface area contributed by atoms with Crippen LogP contribution in [0.25, 0.3) is 0 Å². The summed E-state index contributed by atoms with van der Waals surface area (Å²) in [7, 11) is 0. The Hall–Kier alpha value is -2.28. The van der Waals surface area contributed by atoms with Gasteiger partial charge in [0, 0.05) is 5.69 Å². The van der Waals surface area contributed by atoms with Crippen molar-refractivity contribution in [2.45, 2.75) is 6.10 Å². The van der Waals surface area contributed by atoms with Crippen LogP contribution in [0.2, 0.25) is 0 Å². The number of aromatic hydroxyl groups is 1. The van der Waals surface area contributed by atoms with Gasteiger partial charge in [-0.25, -0.2) is 0 Å².